The van der Waals surface area contributed by atoms with Crippen molar-refractivity contribution in [2.45, 2.75) is 138 Å². The van der Waals surface area contributed by atoms with Gasteiger partial charge < -0.3 is 14.4 Å². The predicted octanol–water partition coefficient (Wildman–Crippen LogP) is 8.60. The molecule has 0 bridgehead atoms. The largest absolute Gasteiger partial charge is 0.462 e. The third-order valence-corrected chi connectivity index (χ3v) is 7.48. The fraction of sp³-hybridized carbons (Fsp3) is 0.879. The number of rotatable bonds is 24. The minimum atomic E-state index is -0.284. The van der Waals surface area contributed by atoms with E-state index in [9.17, 15) is 9.59 Å². The molecule has 5 heteroatoms. The smallest absolute Gasteiger partial charge is 0.306 e. The number of hydrogen-bond acceptors (Lipinski definition) is 5. The molecule has 5 nitrogen and oxygen atoms in total. The van der Waals surface area contributed by atoms with Crippen LogP contribution in [0.2, 0.25) is 0 Å². The van der Waals surface area contributed by atoms with Crippen LogP contribution in [0.4, 0.5) is 0 Å². The Hall–Kier alpha value is -1.36. The van der Waals surface area contributed by atoms with Crippen LogP contribution in [-0.2, 0) is 19.1 Å². The van der Waals surface area contributed by atoms with Crippen molar-refractivity contribution in [3.05, 3.63) is 12.2 Å². The molecule has 0 spiro atoms. The first kappa shape index (κ1) is 36.6. The van der Waals surface area contributed by atoms with Gasteiger partial charge in [0.25, 0.3) is 0 Å². The zero-order chi connectivity index (χ0) is 28.8. The van der Waals surface area contributed by atoms with E-state index in [1.54, 1.807) is 0 Å². The average Bonchev–Trinajstić information content (AvgIpc) is 2.81. The van der Waals surface area contributed by atoms with Gasteiger partial charge in [-0.05, 0) is 63.6 Å². The van der Waals surface area contributed by atoms with Gasteiger partial charge in [-0.2, -0.15) is 0 Å². The van der Waals surface area contributed by atoms with Crippen molar-refractivity contribution >= 4 is 11.9 Å². The van der Waals surface area contributed by atoms with Crippen molar-refractivity contribution in [2.75, 3.05) is 27.2 Å². The molecule has 4 unspecified atom stereocenters. The Morgan fingerprint density at radius 1 is 0.711 bits per heavy atom. The maximum Gasteiger partial charge on any atom is 0.306 e. The summed E-state index contributed by atoms with van der Waals surface area (Å²) in [6, 6.07) is 0. The van der Waals surface area contributed by atoms with Gasteiger partial charge in [0.05, 0.1) is 0 Å². The van der Waals surface area contributed by atoms with E-state index >= 15 is 0 Å². The number of ether oxygens (including phenoxy) is 2. The van der Waals surface area contributed by atoms with E-state index in [-0.39, 0.29) is 24.6 Å². The van der Waals surface area contributed by atoms with E-state index in [2.05, 4.69) is 39.5 Å². The molecule has 0 radical (unpaired) electrons. The van der Waals surface area contributed by atoms with Crippen molar-refractivity contribution in [3.63, 3.8) is 0 Å². The molecule has 0 aliphatic rings. The molecular weight excluding hydrogens is 474 g/mol. The summed E-state index contributed by atoms with van der Waals surface area (Å²) >= 11 is 0. The summed E-state index contributed by atoms with van der Waals surface area (Å²) in [4.78, 5) is 25.4. The van der Waals surface area contributed by atoms with Gasteiger partial charge in [-0.15, -0.1) is 0 Å². The number of carbonyl (C=O) groups excluding carboxylic acids is 2. The quantitative estimate of drug-likeness (QED) is 0.0911. The highest BCUT2D eigenvalue weighted by Crippen LogP contribution is 2.24. The first-order valence-corrected chi connectivity index (χ1v) is 15.6. The Morgan fingerprint density at radius 2 is 1.24 bits per heavy atom. The van der Waals surface area contributed by atoms with Gasteiger partial charge in [-0.25, -0.2) is 0 Å². The van der Waals surface area contributed by atoms with E-state index < -0.39 is 0 Å². The Bertz CT molecular complexity index is 616. The van der Waals surface area contributed by atoms with E-state index in [4.69, 9.17) is 9.47 Å². The molecule has 0 fully saturated rings. The number of nitrogens with zero attached hydrogens (tertiary/aromatic N) is 1. The Balaban J connectivity index is 4.29. The van der Waals surface area contributed by atoms with Crippen LogP contribution in [0.25, 0.3) is 0 Å². The van der Waals surface area contributed by atoms with Crippen LogP contribution in [0.3, 0.4) is 0 Å². The Labute approximate surface area is 236 Å². The van der Waals surface area contributed by atoms with Crippen molar-refractivity contribution < 1.29 is 19.1 Å². The molecule has 0 N–H and O–H groups in total. The lowest BCUT2D eigenvalue weighted by molar-refractivity contribution is -0.149. The lowest BCUT2D eigenvalue weighted by Crippen LogP contribution is -2.20. The summed E-state index contributed by atoms with van der Waals surface area (Å²) in [5.41, 5.74) is 0. The van der Waals surface area contributed by atoms with Crippen LogP contribution in [0.5, 0.6) is 0 Å². The molecule has 224 valence electrons. The normalized spacial score (nSPS) is 15.1. The Morgan fingerprint density at radius 3 is 1.74 bits per heavy atom. The molecule has 0 aromatic heterocycles. The number of carbonyl (C=O) groups is 2. The van der Waals surface area contributed by atoms with Crippen LogP contribution in [-0.4, -0.2) is 50.2 Å². The molecule has 4 atom stereocenters. The van der Waals surface area contributed by atoms with E-state index in [0.29, 0.717) is 18.8 Å². The minimum Gasteiger partial charge on any atom is -0.462 e. The standard InChI is InChI=1S/C33H63NO4/c1-27(2)15-11-16-28(3)17-12-18-29(4)19-13-20-30(5)23-24-32(21-9-10-26-37-31(6)35)38-33(36)22-14-25-34(7)8/h9-10,27-30,32H,11-26H2,1-8H3/b10-9+. The average molecular weight is 538 g/mol. The van der Waals surface area contributed by atoms with Gasteiger partial charge in [0.2, 0.25) is 0 Å². The minimum absolute atomic E-state index is 0.110. The molecule has 0 rings (SSSR count). The summed E-state index contributed by atoms with van der Waals surface area (Å²) in [7, 11) is 4.03. The van der Waals surface area contributed by atoms with Crippen molar-refractivity contribution in [3.8, 4) is 0 Å². The summed E-state index contributed by atoms with van der Waals surface area (Å²) in [6.07, 6.45) is 19.6. The maximum atomic E-state index is 12.4. The van der Waals surface area contributed by atoms with Gasteiger partial charge in [0, 0.05) is 19.8 Å². The monoisotopic (exact) mass is 537 g/mol. The number of esters is 2. The summed E-state index contributed by atoms with van der Waals surface area (Å²) < 4.78 is 10.8. The third-order valence-electron chi connectivity index (χ3n) is 7.48. The maximum absolute atomic E-state index is 12.4. The first-order valence-electron chi connectivity index (χ1n) is 15.6. The van der Waals surface area contributed by atoms with Gasteiger partial charge in [0.1, 0.15) is 12.7 Å². The molecule has 0 aliphatic heterocycles. The van der Waals surface area contributed by atoms with Crippen molar-refractivity contribution in [1.82, 2.24) is 4.90 Å². The summed E-state index contributed by atoms with van der Waals surface area (Å²) in [6.45, 7) is 14.4. The molecule has 0 heterocycles. The fourth-order valence-electron chi connectivity index (χ4n) is 4.90. The molecule has 0 saturated heterocycles. The highest BCUT2D eigenvalue weighted by Gasteiger charge is 2.16. The molecular formula is C33H63NO4. The highest BCUT2D eigenvalue weighted by molar-refractivity contribution is 5.69. The predicted molar refractivity (Wildman–Crippen MR) is 161 cm³/mol. The molecule has 38 heavy (non-hydrogen) atoms. The Kier molecular flexibility index (Phi) is 22.7. The van der Waals surface area contributed by atoms with Crippen LogP contribution in [0.15, 0.2) is 12.2 Å². The molecule has 0 amide bonds. The topological polar surface area (TPSA) is 55.8 Å². The zero-order valence-electron chi connectivity index (χ0n) is 26.4. The van der Waals surface area contributed by atoms with Crippen molar-refractivity contribution in [2.24, 2.45) is 23.7 Å². The SMILES string of the molecule is CC(=O)OC/C=C/CC(CCC(C)CCCC(C)CCCC(C)CCCC(C)C)OC(=O)CCCN(C)C. The second-order valence-corrected chi connectivity index (χ2v) is 12.6. The van der Waals surface area contributed by atoms with E-state index in [1.807, 2.05) is 26.2 Å². The lowest BCUT2D eigenvalue weighted by Gasteiger charge is -2.20. The van der Waals surface area contributed by atoms with E-state index in [1.165, 1.54) is 64.7 Å². The summed E-state index contributed by atoms with van der Waals surface area (Å²) in [5.74, 6) is 2.74. The van der Waals surface area contributed by atoms with Crippen LogP contribution in [0.1, 0.15) is 131 Å². The molecule has 0 saturated carbocycles. The zero-order valence-corrected chi connectivity index (χ0v) is 26.4. The first-order chi connectivity index (χ1) is 18.0. The van der Waals surface area contributed by atoms with Gasteiger partial charge >= 0.3 is 11.9 Å². The second kappa shape index (κ2) is 23.5. The van der Waals surface area contributed by atoms with Crippen LogP contribution in [0, 0.1) is 23.7 Å². The summed E-state index contributed by atoms with van der Waals surface area (Å²) in [5, 5.41) is 0. The van der Waals surface area contributed by atoms with Gasteiger partial charge in [-0.1, -0.05) is 105 Å². The van der Waals surface area contributed by atoms with Gasteiger partial charge in [-0.3, -0.25) is 9.59 Å². The van der Waals surface area contributed by atoms with Crippen LogP contribution < -0.4 is 0 Å². The third kappa shape index (κ3) is 24.9. The highest BCUT2D eigenvalue weighted by atomic mass is 16.5. The van der Waals surface area contributed by atoms with E-state index in [0.717, 1.165) is 43.6 Å². The lowest BCUT2D eigenvalue weighted by atomic mass is 9.90. The molecule has 0 aromatic rings. The molecule has 0 aliphatic carbocycles. The second-order valence-electron chi connectivity index (χ2n) is 12.6. The van der Waals surface area contributed by atoms with Crippen molar-refractivity contribution in [1.29, 1.82) is 0 Å². The fourth-order valence-corrected chi connectivity index (χ4v) is 4.90. The number of hydrogen-bond donors (Lipinski definition) is 0. The van der Waals surface area contributed by atoms with Gasteiger partial charge in [0.15, 0.2) is 0 Å². The van der Waals surface area contributed by atoms with Crippen LogP contribution >= 0.6 is 0 Å². The molecule has 0 aromatic carbocycles.